The predicted octanol–water partition coefficient (Wildman–Crippen LogP) is 8.84. The molecule has 0 bridgehead atoms. The van der Waals surface area contributed by atoms with E-state index in [1.54, 1.807) is 46.8 Å². The first-order valence-electron chi connectivity index (χ1n) is 47.9. The molecule has 11 N–H and O–H groups in total. The molecule has 0 radical (unpaired) electrons. The number of piperidine rings is 1. The highest BCUT2D eigenvalue weighted by atomic mass is 33.1. The summed E-state index contributed by atoms with van der Waals surface area (Å²) < 4.78 is 73.9. The highest BCUT2D eigenvalue weighted by Gasteiger charge is 2.40. The van der Waals surface area contributed by atoms with Gasteiger partial charge in [0.05, 0.1) is 76.0 Å². The number of aromatic nitrogens is 2. The summed E-state index contributed by atoms with van der Waals surface area (Å²) in [5.41, 5.74) is 0.772. The first kappa shape index (κ1) is 130. The van der Waals surface area contributed by atoms with Crippen LogP contribution in [0.3, 0.4) is 0 Å². The number of esters is 6. The number of aliphatic hydroxyl groups is 5. The van der Waals surface area contributed by atoms with Gasteiger partial charge in [0.1, 0.15) is 47.3 Å². The van der Waals surface area contributed by atoms with Gasteiger partial charge < -0.3 is 128 Å². The molecule has 8 unspecified atom stereocenters. The van der Waals surface area contributed by atoms with E-state index < -0.39 is 128 Å². The van der Waals surface area contributed by atoms with Crippen LogP contribution in [0, 0.1) is 23.7 Å². The molecule has 3 aromatic rings. The second-order valence-corrected chi connectivity index (χ2v) is 37.2. The maximum Gasteiger partial charge on any atom is 0.308 e. The monoisotopic (exact) mass is 2050 g/mol. The Bertz CT molecular complexity index is 3890. The third-order valence-electron chi connectivity index (χ3n) is 21.7. The van der Waals surface area contributed by atoms with Gasteiger partial charge in [-0.15, -0.1) is 11.3 Å². The number of nitrogens with zero attached hydrogens (tertiary/aromatic N) is 4. The zero-order valence-electron chi connectivity index (χ0n) is 84.7. The van der Waals surface area contributed by atoms with E-state index >= 15 is 0 Å². The summed E-state index contributed by atoms with van der Waals surface area (Å²) in [4.78, 5) is 164. The van der Waals surface area contributed by atoms with Crippen LogP contribution in [0.15, 0.2) is 59.1 Å². The van der Waals surface area contributed by atoms with Gasteiger partial charge in [-0.05, 0) is 149 Å². The highest BCUT2D eigenvalue weighted by Crippen LogP contribution is 2.33. The minimum absolute atomic E-state index is 0.000211. The molecule has 0 saturated carbocycles. The number of aliphatic carboxylic acids is 1. The number of amides is 5. The minimum atomic E-state index is -1.06. The van der Waals surface area contributed by atoms with Crippen LogP contribution in [0.2, 0.25) is 0 Å². The standard InChI is InChI=1S/C58H92N6O16S.C19H30N2O6S2.C12H22O7.C7H16O4/c1-12-38(7)53(62-55(72)46-18-14-15-26-63(46)10)57(73)64(35-78-51(70)28-36(3)4)47(37(5)6)31-48(79-40(9)66)56-61-45(34-81-56)54(71)60-42(30-41-21-23-43(67)24-22-41)29-39(8)58(74)76-27-17-25-59-49(68)19-16-20-50(69)77-33-52(75-11)80-44(13-2)32-65;1-3-15(13-22)27-19(25-2)14-26-18(24)9-6-7-16(23)20-11-12-28-29-17-8-4-5-10-21-17;1-3-9(7-13)19-12(17-2)8-18-11(16)6-4-5-10(14)15;1-3-6(4-8)11-7(5-9)10-2/h21-24,34,36-39,42,44,46-48,52-53,65,67H,12-20,25-33,35H2,1-11H3,(H,59,68)(H,60,71)(H,62,72);4-5,8,10,15,19,22H,3,6-7,9,11-14H2,1-2H3,(H,20,23);9,12-13H,3-8H2,1-2H3,(H,14,15);6-9H,3-5H2,1-2H3/t38-,39-,42+,44?,46+,47+,48+,52?,53-;;;/m0.../s1. The number of carboxylic acids is 1. The molecule has 15 atom stereocenters. The second-order valence-electron chi connectivity index (χ2n) is 33.8. The number of phenols is 1. The fraction of sp³-hybridized carbons (Fsp3) is 0.729. The van der Waals surface area contributed by atoms with E-state index in [0.717, 1.165) is 47.1 Å². The Morgan fingerprint density at radius 3 is 1.55 bits per heavy atom. The Kier molecular flexibility index (Phi) is 72.3. The summed E-state index contributed by atoms with van der Waals surface area (Å²) in [7, 11) is 10.8. The maximum atomic E-state index is 15.0. The summed E-state index contributed by atoms with van der Waals surface area (Å²) in [6, 6.07) is 9.45. The van der Waals surface area contributed by atoms with E-state index in [9.17, 15) is 67.7 Å². The zero-order chi connectivity index (χ0) is 105. The van der Waals surface area contributed by atoms with Crippen LogP contribution in [0.25, 0.3) is 0 Å². The molecule has 140 heavy (non-hydrogen) atoms. The number of phenolic OH excluding ortho intramolecular Hbond substituents is 1. The van der Waals surface area contributed by atoms with Gasteiger partial charge in [0.15, 0.2) is 38.0 Å². The lowest BCUT2D eigenvalue weighted by atomic mass is 9.92. The van der Waals surface area contributed by atoms with Crippen molar-refractivity contribution in [3.8, 4) is 5.75 Å². The number of rotatable bonds is 70. The molecule has 1 aliphatic heterocycles. The number of likely N-dealkylation sites (tertiary alicyclic amines) is 1. The molecule has 2 aromatic heterocycles. The molecule has 44 heteroatoms. The molecule has 0 aliphatic carbocycles. The number of methoxy groups -OCH3 is 4. The SMILES string of the molecule is CCC(CO)OC(CO)OC.CCC(CO)OC(COC(=O)CCCC(=O)NCCCOC(=O)[C@@H](C)C[C@H](Cc1ccc(O)cc1)NC(=O)c1csc([C@@H](C[C@H](C(C)C)N(COC(=O)CC(C)C)C(=O)[C@@H](NC(=O)[C@H]2CCCCN2C)[C@@H](C)CC)OC(C)=O)n1)OC.CCC(CO)OC(COC(=O)CCCC(=O)NCCSSc1ccccn1)OC.CCC(CO)OC(COC(=O)CCCC(=O)O)OC. The van der Waals surface area contributed by atoms with Crippen LogP contribution < -0.4 is 21.3 Å². The number of aliphatic hydroxyl groups excluding tert-OH is 5. The third-order valence-corrected chi connectivity index (χ3v) is 24.9. The number of carbonyl (C=O) groups excluding carboxylic acids is 11. The Morgan fingerprint density at radius 2 is 1.10 bits per heavy atom. The van der Waals surface area contributed by atoms with Crippen molar-refractivity contribution >= 4 is 104 Å². The predicted molar refractivity (Wildman–Crippen MR) is 521 cm³/mol. The van der Waals surface area contributed by atoms with Crippen molar-refractivity contribution in [2.75, 3.05) is 127 Å². The molecule has 5 amide bonds. The molecular weight excluding hydrogens is 1890 g/mol. The number of ether oxygens (including phenoxy) is 14. The Balaban J connectivity index is 0.00000133. The van der Waals surface area contributed by atoms with Crippen molar-refractivity contribution in [1.29, 1.82) is 0 Å². The van der Waals surface area contributed by atoms with E-state index in [4.69, 9.17) is 91.8 Å². The lowest BCUT2D eigenvalue weighted by molar-refractivity contribution is -0.194. The topological polar surface area (TPSA) is 556 Å². The van der Waals surface area contributed by atoms with Crippen LogP contribution in [-0.4, -0.2) is 328 Å². The van der Waals surface area contributed by atoms with Gasteiger partial charge in [-0.3, -0.25) is 62.4 Å². The summed E-state index contributed by atoms with van der Waals surface area (Å²) in [5, 5.41) is 77.5. The van der Waals surface area contributed by atoms with Gasteiger partial charge in [-0.25, -0.2) is 9.97 Å². The Morgan fingerprint density at radius 1 is 0.586 bits per heavy atom. The minimum Gasteiger partial charge on any atom is -0.508 e. The fourth-order valence-electron chi connectivity index (χ4n) is 13.2. The molecule has 1 fully saturated rings. The third kappa shape index (κ3) is 58.4. The number of nitrogens with one attached hydrogen (secondary N) is 4. The Labute approximate surface area is 836 Å². The van der Waals surface area contributed by atoms with Gasteiger partial charge >= 0.3 is 41.8 Å². The summed E-state index contributed by atoms with van der Waals surface area (Å²) in [5.74, 6) is -6.20. The van der Waals surface area contributed by atoms with Crippen LogP contribution in [0.4, 0.5) is 0 Å². The average Bonchev–Trinajstić information content (AvgIpc) is 1.78. The van der Waals surface area contributed by atoms with E-state index in [-0.39, 0.29) is 213 Å². The summed E-state index contributed by atoms with van der Waals surface area (Å²) >= 11 is 1.08. The highest BCUT2D eigenvalue weighted by molar-refractivity contribution is 8.76. The lowest BCUT2D eigenvalue weighted by Crippen LogP contribution is -2.59. The number of thiazole rings is 1. The van der Waals surface area contributed by atoms with Crippen LogP contribution >= 0.6 is 32.9 Å². The smallest absolute Gasteiger partial charge is 0.308 e. The van der Waals surface area contributed by atoms with Crippen LogP contribution in [-0.2, 0) is 125 Å². The van der Waals surface area contributed by atoms with E-state index in [1.165, 1.54) is 57.8 Å². The summed E-state index contributed by atoms with van der Waals surface area (Å²) in [6.07, 6.45) is 4.11. The van der Waals surface area contributed by atoms with E-state index in [1.807, 2.05) is 99.4 Å². The fourth-order valence-corrected chi connectivity index (χ4v) is 15.8. The average molecular weight is 2050 g/mol. The number of likely N-dealkylation sites (N-methyl/N-ethyl adjacent to an activating group) is 1. The van der Waals surface area contributed by atoms with Gasteiger partial charge in [0, 0.05) is 129 Å². The maximum absolute atomic E-state index is 15.0. The van der Waals surface area contributed by atoms with Crippen LogP contribution in [0.5, 0.6) is 5.75 Å². The molecule has 3 heterocycles. The molecule has 1 aromatic carbocycles. The van der Waals surface area contributed by atoms with Crippen molar-refractivity contribution in [2.45, 2.75) is 309 Å². The number of carbonyl (C=O) groups is 12. The van der Waals surface area contributed by atoms with Crippen LogP contribution in [0.1, 0.15) is 245 Å². The van der Waals surface area contributed by atoms with Gasteiger partial charge in [-0.1, -0.05) is 118 Å². The first-order valence-corrected chi connectivity index (χ1v) is 51.1. The van der Waals surface area contributed by atoms with Gasteiger partial charge in [0.25, 0.3) is 5.91 Å². The number of carboxylic acid groups (broad SMARTS) is 1. The largest absolute Gasteiger partial charge is 0.508 e. The van der Waals surface area contributed by atoms with E-state index in [2.05, 4.69) is 31.2 Å². The number of aromatic hydroxyl groups is 1. The molecule has 4 rings (SSSR count). The molecule has 41 nitrogen and oxygen atoms in total. The first-order chi connectivity index (χ1) is 66.9. The van der Waals surface area contributed by atoms with Crippen molar-refractivity contribution in [3.05, 3.63) is 70.3 Å². The second kappa shape index (κ2) is 78.1. The zero-order valence-corrected chi connectivity index (χ0v) is 87.2. The summed E-state index contributed by atoms with van der Waals surface area (Å²) in [6.45, 7) is 21.9. The molecular formula is C96H160N8O33S3. The van der Waals surface area contributed by atoms with Crippen molar-refractivity contribution in [1.82, 2.24) is 41.0 Å². The number of benzene rings is 1. The molecule has 1 saturated heterocycles. The van der Waals surface area contributed by atoms with Crippen molar-refractivity contribution < 1.29 is 160 Å². The number of pyridine rings is 1. The molecule has 800 valence electrons. The Hall–Kier alpha value is -8.42. The lowest BCUT2D eigenvalue weighted by Gasteiger charge is -2.39. The van der Waals surface area contributed by atoms with Crippen molar-refractivity contribution in [3.63, 3.8) is 0 Å². The molecule has 0 spiro atoms. The van der Waals surface area contributed by atoms with E-state index in [0.29, 0.717) is 57.9 Å². The normalized spacial score (nSPS) is 15.5. The van der Waals surface area contributed by atoms with Crippen molar-refractivity contribution in [2.24, 2.45) is 23.7 Å². The van der Waals surface area contributed by atoms with Gasteiger partial charge in [-0.2, -0.15) is 0 Å². The molecule has 1 aliphatic rings. The number of hydrogen-bond acceptors (Lipinski definition) is 38. The quantitative estimate of drug-likeness (QED) is 0.00826. The van der Waals surface area contributed by atoms with Gasteiger partial charge in [0.2, 0.25) is 23.6 Å². The number of hydrogen-bond donors (Lipinski definition) is 11.